The second kappa shape index (κ2) is 7.51. The van der Waals surface area contributed by atoms with Crippen LogP contribution in [0.1, 0.15) is 30.6 Å². The molecule has 0 aliphatic carbocycles. The number of carbonyl (C=O) groups excluding carboxylic acids is 1. The minimum atomic E-state index is -0.0164. The molecule has 0 fully saturated rings. The largest absolute Gasteiger partial charge is 0.336 e. The topological polar surface area (TPSA) is 20.3 Å². The molecule has 5 heteroatoms. The van der Waals surface area contributed by atoms with Crippen LogP contribution >= 0.6 is 43.5 Å². The highest BCUT2D eigenvalue weighted by atomic mass is 79.9. The van der Waals surface area contributed by atoms with Crippen molar-refractivity contribution < 1.29 is 4.79 Å². The highest BCUT2D eigenvalue weighted by Gasteiger charge is 2.20. The zero-order valence-electron chi connectivity index (χ0n) is 10.4. The molecule has 18 heavy (non-hydrogen) atoms. The predicted molar refractivity (Wildman–Crippen MR) is 83.7 cm³/mol. The Morgan fingerprint density at radius 3 is 2.67 bits per heavy atom. The number of rotatable bonds is 5. The van der Waals surface area contributed by atoms with E-state index >= 15 is 0 Å². The lowest BCUT2D eigenvalue weighted by Gasteiger charge is -2.27. The average molecular weight is 398 g/mol. The molecule has 1 rings (SSSR count). The molecule has 100 valence electrons. The van der Waals surface area contributed by atoms with Crippen LogP contribution < -0.4 is 0 Å². The molecule has 0 aliphatic rings. The molecule has 0 bridgehead atoms. The number of halogens is 3. The maximum Gasteiger partial charge on any atom is 0.255 e. The van der Waals surface area contributed by atoms with E-state index in [1.54, 1.807) is 12.1 Å². The first-order chi connectivity index (χ1) is 8.47. The summed E-state index contributed by atoms with van der Waals surface area (Å²) >= 11 is 12.8. The van der Waals surface area contributed by atoms with E-state index in [0.29, 0.717) is 10.6 Å². The zero-order valence-corrected chi connectivity index (χ0v) is 14.3. The van der Waals surface area contributed by atoms with E-state index in [9.17, 15) is 4.79 Å². The molecule has 0 saturated heterocycles. The van der Waals surface area contributed by atoms with Gasteiger partial charge in [0.15, 0.2) is 0 Å². The molecule has 0 N–H and O–H groups in total. The van der Waals surface area contributed by atoms with Crippen molar-refractivity contribution in [1.29, 1.82) is 0 Å². The lowest BCUT2D eigenvalue weighted by Crippen LogP contribution is -2.38. The van der Waals surface area contributed by atoms with Gasteiger partial charge in [-0.1, -0.05) is 43.5 Å². The second-order valence-electron chi connectivity index (χ2n) is 4.26. The third-order valence-corrected chi connectivity index (χ3v) is 3.96. The molecule has 1 aromatic rings. The Morgan fingerprint density at radius 2 is 2.11 bits per heavy atom. The summed E-state index contributed by atoms with van der Waals surface area (Å²) in [5.74, 6) is -0.0164. The summed E-state index contributed by atoms with van der Waals surface area (Å²) in [6.45, 7) is 4.75. The summed E-state index contributed by atoms with van der Waals surface area (Å²) in [5.41, 5.74) is 0.550. The van der Waals surface area contributed by atoms with Gasteiger partial charge in [0, 0.05) is 22.4 Å². The molecular formula is C13H16Br2ClNO. The quantitative estimate of drug-likeness (QED) is 0.658. The first kappa shape index (κ1) is 16.0. The molecule has 0 radical (unpaired) electrons. The van der Waals surface area contributed by atoms with Crippen molar-refractivity contribution in [3.05, 3.63) is 33.3 Å². The van der Waals surface area contributed by atoms with E-state index in [1.165, 1.54) is 0 Å². The number of hydrogen-bond acceptors (Lipinski definition) is 1. The van der Waals surface area contributed by atoms with Crippen molar-refractivity contribution in [3.63, 3.8) is 0 Å². The van der Waals surface area contributed by atoms with Crippen LogP contribution in [0.25, 0.3) is 0 Å². The molecule has 1 aromatic carbocycles. The smallest absolute Gasteiger partial charge is 0.255 e. The van der Waals surface area contributed by atoms with Gasteiger partial charge in [-0.2, -0.15) is 0 Å². The Labute approximate surface area is 130 Å². The number of hydrogen-bond donors (Lipinski definition) is 0. The third kappa shape index (κ3) is 4.25. The van der Waals surface area contributed by atoms with Crippen LogP contribution in [0.2, 0.25) is 5.02 Å². The minimum Gasteiger partial charge on any atom is -0.336 e. The van der Waals surface area contributed by atoms with Crippen molar-refractivity contribution >= 4 is 49.4 Å². The van der Waals surface area contributed by atoms with Crippen LogP contribution in [0, 0.1) is 0 Å². The van der Waals surface area contributed by atoms with E-state index in [2.05, 4.69) is 31.9 Å². The SMILES string of the molecule is CC(C)N(CCCBr)C(=O)c1cc(Br)ccc1Cl. The first-order valence-electron chi connectivity index (χ1n) is 5.79. The van der Waals surface area contributed by atoms with E-state index in [0.717, 1.165) is 22.8 Å². The van der Waals surface area contributed by atoms with Crippen molar-refractivity contribution in [2.45, 2.75) is 26.3 Å². The molecular weight excluding hydrogens is 381 g/mol. The fraction of sp³-hybridized carbons (Fsp3) is 0.462. The van der Waals surface area contributed by atoms with Crippen LogP contribution in [0.4, 0.5) is 0 Å². The van der Waals surface area contributed by atoms with Gasteiger partial charge in [0.1, 0.15) is 0 Å². The Morgan fingerprint density at radius 1 is 1.44 bits per heavy atom. The van der Waals surface area contributed by atoms with Crippen LogP contribution in [-0.4, -0.2) is 28.7 Å². The Bertz CT molecular complexity index is 423. The summed E-state index contributed by atoms with van der Waals surface area (Å²) in [4.78, 5) is 14.3. The summed E-state index contributed by atoms with van der Waals surface area (Å²) < 4.78 is 0.861. The molecule has 1 amide bonds. The van der Waals surface area contributed by atoms with E-state index in [1.807, 2.05) is 24.8 Å². The maximum absolute atomic E-state index is 12.5. The van der Waals surface area contributed by atoms with Gasteiger partial charge in [0.2, 0.25) is 0 Å². The zero-order chi connectivity index (χ0) is 13.7. The van der Waals surface area contributed by atoms with E-state index in [4.69, 9.17) is 11.6 Å². The molecule has 0 unspecified atom stereocenters. The average Bonchev–Trinajstić information content (AvgIpc) is 2.32. The predicted octanol–water partition coefficient (Wildman–Crippen LogP) is 4.74. The molecule has 0 heterocycles. The van der Waals surface area contributed by atoms with Crippen LogP contribution in [-0.2, 0) is 0 Å². The molecule has 0 aromatic heterocycles. The van der Waals surface area contributed by atoms with Gasteiger partial charge in [-0.15, -0.1) is 0 Å². The van der Waals surface area contributed by atoms with Crippen LogP contribution in [0.15, 0.2) is 22.7 Å². The number of alkyl halides is 1. The Balaban J connectivity index is 2.98. The molecule has 0 saturated carbocycles. The fourth-order valence-corrected chi connectivity index (χ4v) is 2.45. The number of amides is 1. The molecule has 2 nitrogen and oxygen atoms in total. The Hall–Kier alpha value is -0.0600. The van der Waals surface area contributed by atoms with Gasteiger partial charge in [-0.05, 0) is 38.5 Å². The maximum atomic E-state index is 12.5. The summed E-state index contributed by atoms with van der Waals surface area (Å²) in [7, 11) is 0. The third-order valence-electron chi connectivity index (χ3n) is 2.58. The summed E-state index contributed by atoms with van der Waals surface area (Å²) in [5, 5.41) is 1.38. The standard InChI is InChI=1S/C13H16Br2ClNO/c1-9(2)17(7-3-6-14)13(18)11-8-10(15)4-5-12(11)16/h4-5,8-9H,3,6-7H2,1-2H3. The first-order valence-corrected chi connectivity index (χ1v) is 8.08. The van der Waals surface area contributed by atoms with Crippen molar-refractivity contribution in [1.82, 2.24) is 4.90 Å². The number of carbonyl (C=O) groups is 1. The van der Waals surface area contributed by atoms with Crippen molar-refractivity contribution in [3.8, 4) is 0 Å². The summed E-state index contributed by atoms with van der Waals surface area (Å²) in [6, 6.07) is 5.50. The van der Waals surface area contributed by atoms with E-state index in [-0.39, 0.29) is 11.9 Å². The van der Waals surface area contributed by atoms with E-state index < -0.39 is 0 Å². The lowest BCUT2D eigenvalue weighted by molar-refractivity contribution is 0.0707. The van der Waals surface area contributed by atoms with Crippen molar-refractivity contribution in [2.24, 2.45) is 0 Å². The summed E-state index contributed by atoms with van der Waals surface area (Å²) in [6.07, 6.45) is 0.926. The highest BCUT2D eigenvalue weighted by molar-refractivity contribution is 9.10. The molecule has 0 atom stereocenters. The van der Waals surface area contributed by atoms with Gasteiger partial charge < -0.3 is 4.90 Å². The Kier molecular flexibility index (Phi) is 6.67. The van der Waals surface area contributed by atoms with Crippen LogP contribution in [0.5, 0.6) is 0 Å². The van der Waals surface area contributed by atoms with Crippen LogP contribution in [0.3, 0.4) is 0 Å². The normalized spacial score (nSPS) is 10.8. The fourth-order valence-electron chi connectivity index (χ4n) is 1.64. The van der Waals surface area contributed by atoms with Gasteiger partial charge in [0.25, 0.3) is 5.91 Å². The minimum absolute atomic E-state index is 0.0164. The molecule has 0 aliphatic heterocycles. The van der Waals surface area contributed by atoms with Gasteiger partial charge in [-0.25, -0.2) is 0 Å². The number of benzene rings is 1. The van der Waals surface area contributed by atoms with Gasteiger partial charge in [-0.3, -0.25) is 4.79 Å². The van der Waals surface area contributed by atoms with Crippen molar-refractivity contribution in [2.75, 3.05) is 11.9 Å². The van der Waals surface area contributed by atoms with Gasteiger partial charge in [0.05, 0.1) is 10.6 Å². The second-order valence-corrected chi connectivity index (χ2v) is 6.37. The number of nitrogens with zero attached hydrogens (tertiary/aromatic N) is 1. The lowest BCUT2D eigenvalue weighted by atomic mass is 10.1. The molecule has 0 spiro atoms. The monoisotopic (exact) mass is 395 g/mol. The van der Waals surface area contributed by atoms with Gasteiger partial charge >= 0.3 is 0 Å². The highest BCUT2D eigenvalue weighted by Crippen LogP contribution is 2.23.